The second kappa shape index (κ2) is 10.8. The van der Waals surface area contributed by atoms with Crippen molar-refractivity contribution in [2.24, 2.45) is 0 Å². The van der Waals surface area contributed by atoms with Crippen molar-refractivity contribution in [1.82, 2.24) is 24.6 Å². The summed E-state index contributed by atoms with van der Waals surface area (Å²) in [6, 6.07) is 10.4. The second-order valence-corrected chi connectivity index (χ2v) is 18.3. The first-order valence-electron chi connectivity index (χ1n) is 14.6. The zero-order valence-corrected chi connectivity index (χ0v) is 27.0. The molecule has 1 saturated carbocycles. The molecule has 222 valence electrons. The molecule has 2 N–H and O–H groups in total. The maximum Gasteiger partial charge on any atom is 0.244 e. The van der Waals surface area contributed by atoms with Crippen molar-refractivity contribution in [3.8, 4) is 17.3 Å². The highest BCUT2D eigenvalue weighted by Crippen LogP contribution is 2.44. The smallest absolute Gasteiger partial charge is 0.244 e. The quantitative estimate of drug-likeness (QED) is 0.311. The van der Waals surface area contributed by atoms with Gasteiger partial charge >= 0.3 is 0 Å². The summed E-state index contributed by atoms with van der Waals surface area (Å²) in [7, 11) is -0.110. The first-order valence-corrected chi connectivity index (χ1v) is 17.5. The summed E-state index contributed by atoms with van der Waals surface area (Å²) >= 11 is 0. The van der Waals surface area contributed by atoms with Crippen LogP contribution in [0.2, 0.25) is 18.1 Å². The van der Waals surface area contributed by atoms with Crippen LogP contribution in [-0.4, -0.2) is 65.1 Å². The standard InChI is InChI=1S/C31H42N8O2Si/c1-20-13-26(39(37-20)17-27(40)38(6)23-9-10-23)36-29-33-12-11-25(35-29)21-14-22(16-32)28-24(15-21)31(5,18-34-28)19-41-42(7,8)30(2,3)4/h11-15,23,34H,9-10,17-19H2,1-8H3,(H,33,35,36)/t31-/m1/s1. The van der Waals surface area contributed by atoms with E-state index < -0.39 is 8.32 Å². The van der Waals surface area contributed by atoms with Crippen LogP contribution < -0.4 is 10.6 Å². The van der Waals surface area contributed by atoms with Gasteiger partial charge in [0.1, 0.15) is 18.4 Å². The van der Waals surface area contributed by atoms with Gasteiger partial charge in [0.05, 0.1) is 22.6 Å². The van der Waals surface area contributed by atoms with Crippen molar-refractivity contribution in [2.45, 2.75) is 83.6 Å². The highest BCUT2D eigenvalue weighted by atomic mass is 28.4. The van der Waals surface area contributed by atoms with Gasteiger partial charge in [-0.1, -0.05) is 27.7 Å². The molecule has 1 aliphatic carbocycles. The summed E-state index contributed by atoms with van der Waals surface area (Å²) in [6.07, 6.45) is 3.81. The van der Waals surface area contributed by atoms with Gasteiger partial charge in [-0.3, -0.25) is 4.79 Å². The third-order valence-corrected chi connectivity index (χ3v) is 13.5. The van der Waals surface area contributed by atoms with E-state index >= 15 is 0 Å². The number of fused-ring (bicyclic) bond motifs is 1. The van der Waals surface area contributed by atoms with Crippen molar-refractivity contribution >= 4 is 31.7 Å². The van der Waals surface area contributed by atoms with Gasteiger partial charge in [-0.25, -0.2) is 14.6 Å². The number of nitriles is 1. The number of carbonyl (C=O) groups is 1. The van der Waals surface area contributed by atoms with Crippen molar-refractivity contribution in [3.63, 3.8) is 0 Å². The Bertz CT molecular complexity index is 1550. The van der Waals surface area contributed by atoms with Crippen LogP contribution in [0.3, 0.4) is 0 Å². The van der Waals surface area contributed by atoms with Gasteiger partial charge in [-0.2, -0.15) is 10.4 Å². The van der Waals surface area contributed by atoms with E-state index in [-0.39, 0.29) is 22.9 Å². The molecule has 1 aromatic carbocycles. The molecule has 1 atom stereocenters. The minimum absolute atomic E-state index is 0.0229. The number of anilines is 3. The maximum absolute atomic E-state index is 12.8. The molecule has 0 unspecified atom stereocenters. The Hall–Kier alpha value is -3.75. The number of aromatic nitrogens is 4. The number of nitrogens with zero attached hydrogens (tertiary/aromatic N) is 6. The molecule has 0 bridgehead atoms. The van der Waals surface area contributed by atoms with E-state index in [1.54, 1.807) is 15.8 Å². The fourth-order valence-electron chi connectivity index (χ4n) is 4.97. The van der Waals surface area contributed by atoms with Gasteiger partial charge in [0.25, 0.3) is 0 Å². The normalized spacial score (nSPS) is 18.3. The van der Waals surface area contributed by atoms with Crippen molar-refractivity contribution in [3.05, 3.63) is 47.3 Å². The van der Waals surface area contributed by atoms with Crippen molar-refractivity contribution in [2.75, 3.05) is 30.8 Å². The molecule has 2 aromatic heterocycles. The molecule has 0 saturated heterocycles. The van der Waals surface area contributed by atoms with E-state index in [4.69, 9.17) is 9.41 Å². The number of hydrogen-bond acceptors (Lipinski definition) is 8. The molecular formula is C31H42N8O2Si. The molecule has 11 heteroatoms. The Kier molecular flexibility index (Phi) is 7.66. The predicted octanol–water partition coefficient (Wildman–Crippen LogP) is 5.59. The number of amides is 1. The van der Waals surface area contributed by atoms with Crippen LogP contribution in [-0.2, 0) is 21.2 Å². The van der Waals surface area contributed by atoms with E-state index in [1.165, 1.54) is 0 Å². The molecule has 1 fully saturated rings. The largest absolute Gasteiger partial charge is 0.416 e. The molecule has 3 heterocycles. The Morgan fingerprint density at radius 1 is 1.31 bits per heavy atom. The molecule has 42 heavy (non-hydrogen) atoms. The molecule has 10 nitrogen and oxygen atoms in total. The maximum atomic E-state index is 12.8. The Morgan fingerprint density at radius 2 is 2.05 bits per heavy atom. The fraction of sp³-hybridized carbons (Fsp3) is 0.516. The molecular weight excluding hydrogens is 544 g/mol. The Labute approximate surface area is 249 Å². The zero-order valence-electron chi connectivity index (χ0n) is 26.0. The van der Waals surface area contributed by atoms with Crippen LogP contribution in [0, 0.1) is 18.3 Å². The molecule has 0 radical (unpaired) electrons. The van der Waals surface area contributed by atoms with Crippen LogP contribution in [0.25, 0.3) is 11.3 Å². The summed E-state index contributed by atoms with van der Waals surface area (Å²) in [5, 5.41) is 21.4. The number of carbonyl (C=O) groups excluding carboxylic acids is 1. The van der Waals surface area contributed by atoms with Crippen LogP contribution in [0.4, 0.5) is 17.5 Å². The summed E-state index contributed by atoms with van der Waals surface area (Å²) in [5.74, 6) is 1.06. The predicted molar refractivity (Wildman–Crippen MR) is 167 cm³/mol. The van der Waals surface area contributed by atoms with Crippen LogP contribution in [0.1, 0.15) is 57.4 Å². The zero-order chi connectivity index (χ0) is 30.4. The third kappa shape index (κ3) is 5.92. The summed E-state index contributed by atoms with van der Waals surface area (Å²) in [4.78, 5) is 23.8. The number of benzene rings is 1. The Morgan fingerprint density at radius 3 is 2.71 bits per heavy atom. The molecule has 2 aliphatic rings. The number of nitrogens with one attached hydrogen (secondary N) is 2. The van der Waals surface area contributed by atoms with Crippen molar-refractivity contribution in [1.29, 1.82) is 5.26 Å². The molecule has 1 amide bonds. The van der Waals surface area contributed by atoms with Crippen LogP contribution in [0.5, 0.6) is 0 Å². The van der Waals surface area contributed by atoms with Gasteiger partial charge in [0, 0.05) is 49.5 Å². The van der Waals surface area contributed by atoms with E-state index in [0.717, 1.165) is 35.3 Å². The fourth-order valence-corrected chi connectivity index (χ4v) is 6.09. The first-order chi connectivity index (χ1) is 19.7. The minimum atomic E-state index is -1.96. The number of rotatable bonds is 9. The average molecular weight is 587 g/mol. The van der Waals surface area contributed by atoms with Gasteiger partial charge in [0.15, 0.2) is 8.32 Å². The van der Waals surface area contributed by atoms with Gasteiger partial charge in [-0.15, -0.1) is 0 Å². The number of aryl methyl sites for hydroxylation is 1. The second-order valence-electron chi connectivity index (χ2n) is 13.5. The lowest BCUT2D eigenvalue weighted by Crippen LogP contribution is -2.45. The van der Waals surface area contributed by atoms with Crippen LogP contribution >= 0.6 is 0 Å². The monoisotopic (exact) mass is 586 g/mol. The van der Waals surface area contributed by atoms with Crippen molar-refractivity contribution < 1.29 is 9.22 Å². The van der Waals surface area contributed by atoms with E-state index in [0.29, 0.717) is 42.2 Å². The SMILES string of the molecule is Cc1cc(Nc2nccc(-c3cc(C#N)c4c(c3)[C@@](C)(CO[Si](C)(C)C(C)(C)C)CN4)n2)n(CC(=O)N(C)C2CC2)n1. The third-order valence-electron chi connectivity index (χ3n) is 8.99. The number of hydrogen-bond donors (Lipinski definition) is 2. The number of likely N-dealkylation sites (N-methyl/N-ethyl adjacent to an activating group) is 1. The molecule has 1 aliphatic heterocycles. The molecule has 3 aromatic rings. The highest BCUT2D eigenvalue weighted by molar-refractivity contribution is 6.74. The van der Waals surface area contributed by atoms with E-state index in [1.807, 2.05) is 32.2 Å². The lowest BCUT2D eigenvalue weighted by molar-refractivity contribution is -0.131. The molecule has 0 spiro atoms. The lowest BCUT2D eigenvalue weighted by Gasteiger charge is -2.39. The summed E-state index contributed by atoms with van der Waals surface area (Å²) in [5.41, 5.74) is 4.55. The first kappa shape index (κ1) is 29.7. The minimum Gasteiger partial charge on any atom is -0.416 e. The van der Waals surface area contributed by atoms with Gasteiger partial charge in [0.2, 0.25) is 11.9 Å². The lowest BCUT2D eigenvalue weighted by atomic mass is 9.83. The van der Waals surface area contributed by atoms with Gasteiger partial charge in [-0.05, 0) is 61.7 Å². The van der Waals surface area contributed by atoms with Gasteiger partial charge < -0.3 is 20.0 Å². The average Bonchev–Trinajstić information content (AvgIpc) is 3.66. The van der Waals surface area contributed by atoms with E-state index in [9.17, 15) is 10.1 Å². The summed E-state index contributed by atoms with van der Waals surface area (Å²) in [6.45, 7) is 16.8. The van der Waals surface area contributed by atoms with Crippen LogP contribution in [0.15, 0.2) is 30.5 Å². The summed E-state index contributed by atoms with van der Waals surface area (Å²) < 4.78 is 8.32. The highest BCUT2D eigenvalue weighted by Gasteiger charge is 2.42. The Balaban J connectivity index is 1.41. The topological polar surface area (TPSA) is 121 Å². The van der Waals surface area contributed by atoms with E-state index in [2.05, 4.69) is 73.6 Å². The molecule has 5 rings (SSSR count).